The smallest absolute Gasteiger partial charge is 0.00199 e. The van der Waals surface area contributed by atoms with Gasteiger partial charge in [-0.25, -0.2) is 0 Å². The van der Waals surface area contributed by atoms with E-state index in [2.05, 4.69) is 182 Å². The molecular formula is C46H30. The molecule has 0 aliphatic rings. The highest BCUT2D eigenvalue weighted by Gasteiger charge is 2.21. The predicted molar refractivity (Wildman–Crippen MR) is 198 cm³/mol. The lowest BCUT2D eigenvalue weighted by molar-refractivity contribution is 1.62. The van der Waals surface area contributed by atoms with Gasteiger partial charge in [-0.3, -0.25) is 0 Å². The molecular weight excluding hydrogens is 553 g/mol. The second kappa shape index (κ2) is 10.9. The summed E-state index contributed by atoms with van der Waals surface area (Å²) in [6.45, 7) is 0. The van der Waals surface area contributed by atoms with E-state index in [1.807, 2.05) is 0 Å². The fourth-order valence-corrected chi connectivity index (χ4v) is 7.41. The maximum absolute atomic E-state index is 2.41. The molecule has 0 aromatic heterocycles. The van der Waals surface area contributed by atoms with Gasteiger partial charge in [-0.05, 0) is 93.7 Å². The largest absolute Gasteiger partial charge is 0.0622 e. The molecule has 0 radical (unpaired) electrons. The van der Waals surface area contributed by atoms with Crippen molar-refractivity contribution in [1.29, 1.82) is 0 Å². The number of fused-ring (bicyclic) bond motifs is 4. The van der Waals surface area contributed by atoms with Crippen molar-refractivity contribution in [2.75, 3.05) is 0 Å². The molecule has 0 nitrogen and oxygen atoms in total. The molecule has 0 unspecified atom stereocenters. The van der Waals surface area contributed by atoms with Crippen molar-refractivity contribution in [1.82, 2.24) is 0 Å². The Morgan fingerprint density at radius 1 is 0.217 bits per heavy atom. The molecule has 9 aromatic rings. The second-order valence-electron chi connectivity index (χ2n) is 12.0. The van der Waals surface area contributed by atoms with E-state index in [0.717, 1.165) is 0 Å². The van der Waals surface area contributed by atoms with Gasteiger partial charge in [0.15, 0.2) is 0 Å². The van der Waals surface area contributed by atoms with Crippen LogP contribution < -0.4 is 0 Å². The molecule has 0 aliphatic heterocycles. The van der Waals surface area contributed by atoms with Crippen LogP contribution in [0, 0.1) is 0 Å². The fourth-order valence-electron chi connectivity index (χ4n) is 7.41. The Labute approximate surface area is 268 Å². The third-order valence-electron chi connectivity index (χ3n) is 9.47. The Hall–Kier alpha value is -5.98. The molecule has 0 saturated heterocycles. The fraction of sp³-hybridized carbons (Fsp3) is 0. The summed E-state index contributed by atoms with van der Waals surface area (Å²) >= 11 is 0. The van der Waals surface area contributed by atoms with E-state index in [9.17, 15) is 0 Å². The van der Waals surface area contributed by atoms with Gasteiger partial charge in [0.25, 0.3) is 0 Å². The van der Waals surface area contributed by atoms with Crippen LogP contribution in [0.4, 0.5) is 0 Å². The van der Waals surface area contributed by atoms with Crippen molar-refractivity contribution in [3.05, 3.63) is 182 Å². The van der Waals surface area contributed by atoms with Crippen molar-refractivity contribution in [2.45, 2.75) is 0 Å². The monoisotopic (exact) mass is 582 g/mol. The zero-order valence-electron chi connectivity index (χ0n) is 25.3. The predicted octanol–water partition coefficient (Wildman–Crippen LogP) is 13.0. The molecule has 0 saturated carbocycles. The summed E-state index contributed by atoms with van der Waals surface area (Å²) in [5.41, 5.74) is 10.0. The lowest BCUT2D eigenvalue weighted by atomic mass is 9.82. The van der Waals surface area contributed by atoms with Crippen molar-refractivity contribution < 1.29 is 0 Å². The molecule has 0 heterocycles. The molecule has 0 bridgehead atoms. The molecule has 46 heavy (non-hydrogen) atoms. The normalized spacial score (nSPS) is 11.5. The van der Waals surface area contributed by atoms with E-state index >= 15 is 0 Å². The standard InChI is InChI=1S/C46H30/c1-2-14-31(15-3-1)34-28-29-43-44(30-34)46(39-27-13-19-33-17-5-7-21-36(33)39)42-25-11-10-24-41(42)45(43)40-23-9-8-22-38(40)37-26-12-18-32-16-4-6-20-35(32)37/h1-30H. The topological polar surface area (TPSA) is 0 Å². The van der Waals surface area contributed by atoms with Crippen LogP contribution in [0.2, 0.25) is 0 Å². The van der Waals surface area contributed by atoms with Gasteiger partial charge in [0, 0.05) is 0 Å². The summed E-state index contributed by atoms with van der Waals surface area (Å²) in [5, 5.41) is 10.1. The maximum Gasteiger partial charge on any atom is -0.00199 e. The Bertz CT molecular complexity index is 2560. The third kappa shape index (κ3) is 4.23. The summed E-state index contributed by atoms with van der Waals surface area (Å²) < 4.78 is 0. The van der Waals surface area contributed by atoms with E-state index in [1.54, 1.807) is 0 Å². The minimum absolute atomic E-state index is 1.22. The third-order valence-corrected chi connectivity index (χ3v) is 9.47. The lowest BCUT2D eigenvalue weighted by Crippen LogP contribution is -1.94. The first-order valence-corrected chi connectivity index (χ1v) is 15.9. The molecule has 0 atom stereocenters. The zero-order valence-corrected chi connectivity index (χ0v) is 25.3. The van der Waals surface area contributed by atoms with Gasteiger partial charge in [-0.2, -0.15) is 0 Å². The molecule has 0 fully saturated rings. The van der Waals surface area contributed by atoms with Crippen LogP contribution in [0.5, 0.6) is 0 Å². The van der Waals surface area contributed by atoms with Crippen molar-refractivity contribution in [3.63, 3.8) is 0 Å². The van der Waals surface area contributed by atoms with Crippen LogP contribution in [-0.2, 0) is 0 Å². The van der Waals surface area contributed by atoms with E-state index in [0.29, 0.717) is 0 Å². The Morgan fingerprint density at radius 2 is 0.674 bits per heavy atom. The minimum Gasteiger partial charge on any atom is -0.0622 e. The van der Waals surface area contributed by atoms with Gasteiger partial charge in [0.1, 0.15) is 0 Å². The first-order valence-electron chi connectivity index (χ1n) is 15.9. The lowest BCUT2D eigenvalue weighted by Gasteiger charge is -2.21. The number of benzene rings is 9. The highest BCUT2D eigenvalue weighted by Crippen LogP contribution is 2.48. The van der Waals surface area contributed by atoms with Gasteiger partial charge >= 0.3 is 0 Å². The molecule has 0 amide bonds. The average Bonchev–Trinajstić information content (AvgIpc) is 3.13. The first kappa shape index (κ1) is 26.4. The summed E-state index contributed by atoms with van der Waals surface area (Å²) in [5.74, 6) is 0. The van der Waals surface area contributed by atoms with Crippen LogP contribution in [0.3, 0.4) is 0 Å². The Morgan fingerprint density at radius 3 is 1.37 bits per heavy atom. The highest BCUT2D eigenvalue weighted by molar-refractivity contribution is 6.25. The van der Waals surface area contributed by atoms with Crippen LogP contribution in [0.25, 0.3) is 87.6 Å². The van der Waals surface area contributed by atoms with Crippen LogP contribution in [0.1, 0.15) is 0 Å². The van der Waals surface area contributed by atoms with E-state index in [-0.39, 0.29) is 0 Å². The van der Waals surface area contributed by atoms with Gasteiger partial charge < -0.3 is 0 Å². The highest BCUT2D eigenvalue weighted by atomic mass is 14.2. The second-order valence-corrected chi connectivity index (χ2v) is 12.0. The SMILES string of the molecule is c1ccc(-c2ccc3c(-c4ccccc4-c4cccc5ccccc45)c4ccccc4c(-c4cccc5ccccc45)c3c2)cc1. The number of hydrogen-bond acceptors (Lipinski definition) is 0. The zero-order chi connectivity index (χ0) is 30.5. The van der Waals surface area contributed by atoms with Gasteiger partial charge in [0.2, 0.25) is 0 Å². The molecule has 9 rings (SSSR count). The Balaban J connectivity index is 1.44. The van der Waals surface area contributed by atoms with Crippen molar-refractivity contribution >= 4 is 43.1 Å². The van der Waals surface area contributed by atoms with Gasteiger partial charge in [-0.1, -0.05) is 176 Å². The summed E-state index contributed by atoms with van der Waals surface area (Å²) in [6.07, 6.45) is 0. The van der Waals surface area contributed by atoms with E-state index in [1.165, 1.54) is 87.6 Å². The Kier molecular flexibility index (Phi) is 6.25. The van der Waals surface area contributed by atoms with E-state index in [4.69, 9.17) is 0 Å². The van der Waals surface area contributed by atoms with Crippen molar-refractivity contribution in [3.8, 4) is 44.5 Å². The number of rotatable bonds is 4. The number of hydrogen-bond donors (Lipinski definition) is 0. The van der Waals surface area contributed by atoms with Gasteiger partial charge in [-0.15, -0.1) is 0 Å². The molecule has 0 heteroatoms. The van der Waals surface area contributed by atoms with Crippen LogP contribution >= 0.6 is 0 Å². The van der Waals surface area contributed by atoms with Gasteiger partial charge in [0.05, 0.1) is 0 Å². The maximum atomic E-state index is 2.41. The van der Waals surface area contributed by atoms with Crippen LogP contribution in [-0.4, -0.2) is 0 Å². The molecule has 9 aromatic carbocycles. The summed E-state index contributed by atoms with van der Waals surface area (Å²) in [6, 6.07) is 66.6. The first-order chi connectivity index (χ1) is 22.8. The summed E-state index contributed by atoms with van der Waals surface area (Å²) in [7, 11) is 0. The van der Waals surface area contributed by atoms with E-state index < -0.39 is 0 Å². The summed E-state index contributed by atoms with van der Waals surface area (Å²) in [4.78, 5) is 0. The van der Waals surface area contributed by atoms with Crippen LogP contribution in [0.15, 0.2) is 182 Å². The quantitative estimate of drug-likeness (QED) is 0.181. The minimum atomic E-state index is 1.22. The van der Waals surface area contributed by atoms with Crippen molar-refractivity contribution in [2.24, 2.45) is 0 Å². The average molecular weight is 583 g/mol. The molecule has 0 spiro atoms. The molecule has 0 aliphatic carbocycles. The molecule has 0 N–H and O–H groups in total. The molecule has 214 valence electrons.